The Morgan fingerprint density at radius 3 is 1.30 bits per heavy atom. The summed E-state index contributed by atoms with van der Waals surface area (Å²) >= 11 is 0.499. The van der Waals surface area contributed by atoms with Gasteiger partial charge in [-0.05, 0) is 186 Å². The molecule has 5 aromatic heterocycles. The normalized spacial score (nSPS) is 11.3. The Hall–Kier alpha value is -7.67. The number of aromatic nitrogens is 5. The fraction of sp³-hybridized carbons (Fsp3) is 0.224. The number of hydrogen-bond donors (Lipinski definition) is 0. The van der Waals surface area contributed by atoms with Gasteiger partial charge in [0, 0.05) is 156 Å². The minimum Gasteiger partial charge on any atom is -0.661 e. The van der Waals surface area contributed by atoms with Crippen LogP contribution in [0.25, 0.3) is 110 Å². The minimum atomic E-state index is -0.331. The fourth-order valence-electron chi connectivity index (χ4n) is 14.4. The van der Waals surface area contributed by atoms with Crippen molar-refractivity contribution in [2.24, 2.45) is 0 Å². The van der Waals surface area contributed by atoms with Gasteiger partial charge in [-0.15, -0.1) is 129 Å². The second-order valence-electron chi connectivity index (χ2n) is 28.1. The molecule has 0 fully saturated rings. The molecule has 5 heterocycles. The molecule has 597 valence electrons. The molecular weight excluding hydrogens is 2350 g/mol. The predicted molar refractivity (Wildman–Crippen MR) is 454 cm³/mol. The number of aryl methyl sites for hydroxylation is 9. The summed E-state index contributed by atoms with van der Waals surface area (Å²) in [5.41, 5.74) is 22.1. The van der Waals surface area contributed by atoms with Crippen molar-refractivity contribution in [2.45, 2.75) is 146 Å². The maximum atomic E-state index is 14.1. The van der Waals surface area contributed by atoms with Crippen LogP contribution >= 0.6 is 0 Å². The maximum Gasteiger partial charge on any atom is 0.495 e. The average molecular weight is 2440 g/mol. The molecule has 0 aliphatic heterocycles. The zero-order valence-electron chi connectivity index (χ0n) is 67.0. The van der Waals surface area contributed by atoms with Crippen LogP contribution in [-0.2, 0) is 163 Å². The number of nitriles is 1. The Bertz CT molecular complexity index is 5960. The van der Waals surface area contributed by atoms with E-state index in [2.05, 4.69) is 207 Å². The van der Waals surface area contributed by atoms with Crippen LogP contribution in [0.5, 0.6) is 5.75 Å². The maximum absolute atomic E-state index is 14.1. The van der Waals surface area contributed by atoms with Gasteiger partial charge in [-0.25, -0.2) is 4.39 Å². The van der Waals surface area contributed by atoms with E-state index in [1.165, 1.54) is 55.9 Å². The van der Waals surface area contributed by atoms with Gasteiger partial charge in [-0.3, -0.25) is 8.78 Å². The second kappa shape index (κ2) is 43.7. The van der Waals surface area contributed by atoms with E-state index in [0.717, 1.165) is 163 Å². The summed E-state index contributed by atoms with van der Waals surface area (Å²) in [4.78, 5) is 24.0. The summed E-state index contributed by atoms with van der Waals surface area (Å²) in [6.45, 7) is 25.4. The Morgan fingerprint density at radius 2 is 0.852 bits per heavy atom. The first-order valence-electron chi connectivity index (χ1n) is 38.6. The molecule has 115 heavy (non-hydrogen) atoms. The number of halogens is 3. The molecule has 0 N–H and O–H groups in total. The van der Waals surface area contributed by atoms with Gasteiger partial charge in [0.25, 0.3) is 0 Å². The van der Waals surface area contributed by atoms with Crippen LogP contribution in [0, 0.1) is 66.0 Å². The van der Waals surface area contributed by atoms with E-state index in [1.807, 2.05) is 85.8 Å². The van der Waals surface area contributed by atoms with Crippen molar-refractivity contribution in [2.75, 3.05) is 0 Å². The molecule has 1 aliphatic carbocycles. The van der Waals surface area contributed by atoms with Gasteiger partial charge in [0.1, 0.15) is 0 Å². The van der Waals surface area contributed by atoms with Gasteiger partial charge in [-0.2, -0.15) is 5.26 Å². The van der Waals surface area contributed by atoms with Gasteiger partial charge in [0.15, 0.2) is 0 Å². The number of benzene rings is 10. The number of hydrogen-bond acceptors (Lipinski definition) is 7. The first kappa shape index (κ1) is 94.5. The van der Waals surface area contributed by atoms with Crippen LogP contribution in [-0.4, -0.2) is 51.1 Å². The van der Waals surface area contributed by atoms with Crippen molar-refractivity contribution in [3.8, 4) is 68.1 Å². The summed E-state index contributed by atoms with van der Waals surface area (Å²) in [5, 5.41) is 20.8. The molecule has 17 heteroatoms. The molecule has 1 aliphatic rings. The number of pyridine rings is 5. The Morgan fingerprint density at radius 1 is 0.417 bits per heavy atom. The van der Waals surface area contributed by atoms with Gasteiger partial charge in [0.2, 0.25) is 0 Å². The summed E-state index contributed by atoms with van der Waals surface area (Å²) < 4.78 is 47.0. The van der Waals surface area contributed by atoms with E-state index in [-0.39, 0.29) is 133 Å². The van der Waals surface area contributed by atoms with Crippen molar-refractivity contribution in [1.29, 1.82) is 5.26 Å². The van der Waals surface area contributed by atoms with Crippen molar-refractivity contribution >= 4 is 80.0 Å². The topological polar surface area (TPSA) is 97.5 Å². The van der Waals surface area contributed by atoms with Crippen LogP contribution in [0.4, 0.5) is 13.2 Å². The number of fused-ring (bicyclic) bond motifs is 6. The molecule has 0 saturated carbocycles. The third-order valence-corrected chi connectivity index (χ3v) is 21.9. The van der Waals surface area contributed by atoms with E-state index in [9.17, 15) is 18.4 Å². The van der Waals surface area contributed by atoms with Crippen LogP contribution in [0.3, 0.4) is 0 Å². The molecule has 7 nitrogen and oxygen atoms in total. The van der Waals surface area contributed by atoms with Crippen LogP contribution in [0.2, 0.25) is 6.55 Å². The first-order chi connectivity index (χ1) is 53.4. The van der Waals surface area contributed by atoms with E-state index >= 15 is 0 Å². The molecule has 5 radical (unpaired) electrons. The van der Waals surface area contributed by atoms with Crippen molar-refractivity contribution in [3.05, 3.63) is 321 Å². The Balaban J connectivity index is 0.000000197. The summed E-state index contributed by atoms with van der Waals surface area (Å²) in [6.07, 6.45) is 6.92. The quantitative estimate of drug-likeness (QED) is 0.0745. The predicted octanol–water partition coefficient (Wildman–Crippen LogP) is 22.9. The Labute approximate surface area is 754 Å². The smallest absolute Gasteiger partial charge is 0.495 e. The average Bonchev–Trinajstić information content (AvgIpc) is 0.715. The molecular formula is C98H91AlF3Ir5N6OSi-5. The monoisotopic (exact) mass is 2440 g/mol. The van der Waals surface area contributed by atoms with Gasteiger partial charge >= 0.3 is 16.6 Å². The molecule has 16 rings (SSSR count). The van der Waals surface area contributed by atoms with Crippen molar-refractivity contribution in [3.63, 3.8) is 0 Å². The molecule has 0 bridgehead atoms. The van der Waals surface area contributed by atoms with E-state index in [0.29, 0.717) is 56.6 Å². The summed E-state index contributed by atoms with van der Waals surface area (Å²) in [7, 11) is -0.246. The van der Waals surface area contributed by atoms with E-state index < -0.39 is 0 Å². The second-order valence-corrected chi connectivity index (χ2v) is 30.0. The van der Waals surface area contributed by atoms with Crippen LogP contribution in [0.1, 0.15) is 142 Å². The molecule has 10 aromatic carbocycles. The minimum absolute atomic E-state index is 0. The first-order valence-corrected chi connectivity index (χ1v) is 41.8. The number of rotatable bonds is 15. The fourth-order valence-corrected chi connectivity index (χ4v) is 15.5. The van der Waals surface area contributed by atoms with Crippen LogP contribution < -0.4 is 3.79 Å². The molecule has 0 amide bonds. The van der Waals surface area contributed by atoms with E-state index in [1.54, 1.807) is 19.1 Å². The standard InChI is InChI=1S/C22H22N.C20H19FN.C20H17N2.C19H19FNSi.C17H13FNO.Al.5Ir.2H/c1-5-14-10-11-18-17(12-14)21-20-15(13-16(6-2)23-21)8-7-9-19(20)22(18,3)4;1-4-14-11-16(10-13(3)19(14)21)20-18-9-7-6-8-15(18)12-17(5-2)22-20;1-3-14-9-15(13-21)11-17(10-14)20-19-8-6-5-7-16(19)12-18(4-2)22-20;1-3-16-11-13-6-4-5-7-17(13)19(21-16)14-8-9-18(20)15(10-14)12-22-2;1-2-14-8-11-5-3-4-6-16(11)17(19-14)12-7-13(18)10-15(20)9-12;;;;;;;;/h7-11,13H,5-6H2,1-4H3;6-10,12H,4-5H2,1-3H3;5-9,11-12H,3-4H2,1-2H3;4-9,11H,3,12,22H2,1-2H3;3-8,10,20H,2H2,1H3;;;;;;;;/q5*-1;+1;;;;;;;/p-1. The van der Waals surface area contributed by atoms with Crippen LogP contribution in [0.15, 0.2) is 200 Å². The zero-order chi connectivity index (χ0) is 77.8. The zero-order valence-corrected chi connectivity index (χ0v) is 82.4. The molecule has 0 atom stereocenters. The summed E-state index contributed by atoms with van der Waals surface area (Å²) in [5.74, 6) is -0.192. The molecule has 15 aromatic rings. The summed E-state index contributed by atoms with van der Waals surface area (Å²) in [6, 6.07) is 86.1. The van der Waals surface area contributed by atoms with Crippen molar-refractivity contribution < 1.29 is 117 Å². The van der Waals surface area contributed by atoms with E-state index in [4.69, 9.17) is 23.7 Å². The van der Waals surface area contributed by atoms with Gasteiger partial charge in [0.05, 0.1) is 6.07 Å². The third-order valence-electron chi connectivity index (χ3n) is 20.4. The number of nitrogens with zero attached hydrogens (tertiary/aromatic N) is 6. The Kier molecular flexibility index (Phi) is 35.9. The van der Waals surface area contributed by atoms with Gasteiger partial charge in [-0.1, -0.05) is 221 Å². The largest absolute Gasteiger partial charge is 0.661 e. The van der Waals surface area contributed by atoms with Crippen molar-refractivity contribution in [1.82, 2.24) is 24.9 Å². The third kappa shape index (κ3) is 21.6. The SMILES string of the molecule is CCc1[c-]c(-c2nc(CC)cc3ccccc23)cc(C#N)c1.CCc1[c-]c2c(cc1)C(C)(C)c1cccc3cc(CC)nc-2c13.CCc1cc2ccccc2c(-c2[c-]c(CC)c(F)c(C)c2)n1.CCc1cc2ccccc2c(-c2[c-]c(C[SiH2]C)c(F)cc2)n1.CCc1cc2ccccc2c(-c2[c-]c([O][AlH2])cc(F)c2)n1.[Ir].[Ir].[Ir].[Ir].[Ir]. The molecule has 0 saturated heterocycles. The van der Waals surface area contributed by atoms with Gasteiger partial charge < -0.3 is 28.7 Å². The molecule has 0 spiro atoms. The molecule has 0 unspecified atom stereocenters.